The van der Waals surface area contributed by atoms with E-state index in [2.05, 4.69) is 80.0 Å². The Labute approximate surface area is 229 Å². The monoisotopic (exact) mass is 512 g/mol. The minimum absolute atomic E-state index is 0.173. The molecule has 0 saturated heterocycles. The summed E-state index contributed by atoms with van der Waals surface area (Å²) in [6, 6.07) is 25.1. The first kappa shape index (κ1) is 26.9. The molecule has 0 aromatic heterocycles. The van der Waals surface area contributed by atoms with E-state index in [1.807, 2.05) is 12.1 Å². The Kier molecular flexibility index (Phi) is 8.53. The molecule has 3 aromatic rings. The van der Waals surface area contributed by atoms with Gasteiger partial charge in [0.1, 0.15) is 5.82 Å². The third-order valence-corrected chi connectivity index (χ3v) is 8.64. The predicted octanol–water partition coefficient (Wildman–Crippen LogP) is 8.49. The molecular weight excluding hydrogens is 467 g/mol. The van der Waals surface area contributed by atoms with E-state index in [-0.39, 0.29) is 11.9 Å². The zero-order valence-corrected chi connectivity index (χ0v) is 23.8. The molecule has 5 rings (SSSR count). The highest BCUT2D eigenvalue weighted by Crippen LogP contribution is 2.43. The topological polar surface area (TPSA) is 6.48 Å². The number of rotatable bonds is 11. The Bertz CT molecular complexity index is 1170. The summed E-state index contributed by atoms with van der Waals surface area (Å²) in [5.41, 5.74) is 8.38. The summed E-state index contributed by atoms with van der Waals surface area (Å²) in [7, 11) is 0. The van der Waals surface area contributed by atoms with Crippen molar-refractivity contribution in [2.45, 2.75) is 96.7 Å². The number of benzene rings is 3. The molecule has 1 heterocycles. The fourth-order valence-electron chi connectivity index (χ4n) is 6.37. The lowest BCUT2D eigenvalue weighted by Crippen LogP contribution is -2.37. The number of halogens is 1. The quantitative estimate of drug-likeness (QED) is 0.238. The lowest BCUT2D eigenvalue weighted by molar-refractivity contribution is 0.172. The van der Waals surface area contributed by atoms with Crippen LogP contribution in [0.1, 0.15) is 93.2 Å². The van der Waals surface area contributed by atoms with E-state index in [1.165, 1.54) is 60.0 Å². The molecule has 1 aliphatic heterocycles. The van der Waals surface area contributed by atoms with Crippen molar-refractivity contribution < 1.29 is 4.39 Å². The Balaban J connectivity index is 1.27. The van der Waals surface area contributed by atoms with Gasteiger partial charge >= 0.3 is 0 Å². The molecule has 1 saturated carbocycles. The van der Waals surface area contributed by atoms with Gasteiger partial charge in [0.25, 0.3) is 0 Å². The summed E-state index contributed by atoms with van der Waals surface area (Å²) in [4.78, 5) is 5.08. The van der Waals surface area contributed by atoms with Gasteiger partial charge in [-0.15, -0.1) is 0 Å². The van der Waals surface area contributed by atoms with Crippen molar-refractivity contribution in [2.24, 2.45) is 0 Å². The van der Waals surface area contributed by atoms with Crippen LogP contribution in [0, 0.1) is 5.82 Å². The smallest absolute Gasteiger partial charge is 0.123 e. The minimum Gasteiger partial charge on any atom is -0.364 e. The highest BCUT2D eigenvalue weighted by molar-refractivity contribution is 5.53. The molecule has 0 amide bonds. The van der Waals surface area contributed by atoms with Gasteiger partial charge in [0.05, 0.1) is 6.04 Å². The number of hydrogen-bond donors (Lipinski definition) is 0. The van der Waals surface area contributed by atoms with Gasteiger partial charge in [-0.05, 0) is 137 Å². The summed E-state index contributed by atoms with van der Waals surface area (Å²) in [5, 5.41) is 0. The molecule has 1 atom stereocenters. The SMILES string of the molecule is CC(C)N(CCCCc1ccc(CC2c3ccc(C4CC4)cc3CCN2c2ccc(F)cc2)cc1)C(C)C. The molecule has 1 fully saturated rings. The number of hydrogen-bond acceptors (Lipinski definition) is 2. The van der Waals surface area contributed by atoms with E-state index in [4.69, 9.17) is 0 Å². The van der Waals surface area contributed by atoms with Crippen molar-refractivity contribution in [2.75, 3.05) is 18.0 Å². The fraction of sp³-hybridized carbons (Fsp3) is 0.486. The van der Waals surface area contributed by atoms with Crippen LogP contribution in [-0.4, -0.2) is 30.1 Å². The van der Waals surface area contributed by atoms with Crippen LogP contribution >= 0.6 is 0 Å². The molecule has 2 nitrogen and oxygen atoms in total. The van der Waals surface area contributed by atoms with Gasteiger partial charge in [0.15, 0.2) is 0 Å². The summed E-state index contributed by atoms with van der Waals surface area (Å²) in [6.07, 6.45) is 8.30. The van der Waals surface area contributed by atoms with E-state index in [0.29, 0.717) is 12.1 Å². The first-order chi connectivity index (χ1) is 18.4. The van der Waals surface area contributed by atoms with E-state index in [0.717, 1.165) is 37.4 Å². The van der Waals surface area contributed by atoms with Gasteiger partial charge in [0, 0.05) is 24.3 Å². The van der Waals surface area contributed by atoms with E-state index < -0.39 is 0 Å². The molecule has 0 bridgehead atoms. The molecule has 1 unspecified atom stereocenters. The highest BCUT2D eigenvalue weighted by atomic mass is 19.1. The third kappa shape index (κ3) is 6.49. The Morgan fingerprint density at radius 1 is 0.842 bits per heavy atom. The molecule has 0 radical (unpaired) electrons. The zero-order valence-electron chi connectivity index (χ0n) is 23.8. The molecule has 3 aromatic carbocycles. The predicted molar refractivity (Wildman–Crippen MR) is 159 cm³/mol. The maximum absolute atomic E-state index is 13.7. The molecule has 2 aliphatic rings. The lowest BCUT2D eigenvalue weighted by atomic mass is 9.86. The van der Waals surface area contributed by atoms with Gasteiger partial charge in [-0.3, -0.25) is 4.90 Å². The first-order valence-electron chi connectivity index (χ1n) is 14.9. The van der Waals surface area contributed by atoms with Crippen LogP contribution < -0.4 is 4.90 Å². The number of aryl methyl sites for hydroxylation is 1. The number of nitrogens with zero attached hydrogens (tertiary/aromatic N) is 2. The van der Waals surface area contributed by atoms with E-state index in [9.17, 15) is 4.39 Å². The van der Waals surface area contributed by atoms with Crippen molar-refractivity contribution >= 4 is 5.69 Å². The third-order valence-electron chi connectivity index (χ3n) is 8.64. The van der Waals surface area contributed by atoms with Gasteiger partial charge < -0.3 is 4.90 Å². The van der Waals surface area contributed by atoms with Gasteiger partial charge in [-0.2, -0.15) is 0 Å². The second-order valence-electron chi connectivity index (χ2n) is 12.1. The van der Waals surface area contributed by atoms with E-state index >= 15 is 0 Å². The second-order valence-corrected chi connectivity index (χ2v) is 12.1. The van der Waals surface area contributed by atoms with Crippen molar-refractivity contribution in [3.05, 3.63) is 100 Å². The van der Waals surface area contributed by atoms with Gasteiger partial charge in [-0.1, -0.05) is 42.5 Å². The van der Waals surface area contributed by atoms with Crippen LogP contribution in [0.2, 0.25) is 0 Å². The molecule has 202 valence electrons. The van der Waals surface area contributed by atoms with Gasteiger partial charge in [-0.25, -0.2) is 4.39 Å². The van der Waals surface area contributed by atoms with Crippen LogP contribution in [0.15, 0.2) is 66.7 Å². The second kappa shape index (κ2) is 12.0. The average Bonchev–Trinajstić information content (AvgIpc) is 3.75. The fourth-order valence-corrected chi connectivity index (χ4v) is 6.37. The van der Waals surface area contributed by atoms with Crippen LogP contribution in [0.4, 0.5) is 10.1 Å². The minimum atomic E-state index is -0.173. The van der Waals surface area contributed by atoms with E-state index in [1.54, 1.807) is 12.1 Å². The highest BCUT2D eigenvalue weighted by Gasteiger charge is 2.30. The van der Waals surface area contributed by atoms with Crippen molar-refractivity contribution in [1.29, 1.82) is 0 Å². The van der Waals surface area contributed by atoms with Crippen LogP contribution in [-0.2, 0) is 19.3 Å². The van der Waals surface area contributed by atoms with Crippen LogP contribution in [0.25, 0.3) is 0 Å². The first-order valence-corrected chi connectivity index (χ1v) is 14.9. The van der Waals surface area contributed by atoms with Crippen LogP contribution in [0.5, 0.6) is 0 Å². The maximum atomic E-state index is 13.7. The Morgan fingerprint density at radius 2 is 1.53 bits per heavy atom. The average molecular weight is 513 g/mol. The maximum Gasteiger partial charge on any atom is 0.123 e. The molecule has 38 heavy (non-hydrogen) atoms. The normalized spacial score (nSPS) is 17.5. The van der Waals surface area contributed by atoms with Crippen molar-refractivity contribution in [3.8, 4) is 0 Å². The van der Waals surface area contributed by atoms with Crippen molar-refractivity contribution in [3.63, 3.8) is 0 Å². The molecule has 1 aliphatic carbocycles. The molecule has 0 N–H and O–H groups in total. The lowest BCUT2D eigenvalue weighted by Gasteiger charge is -2.39. The largest absolute Gasteiger partial charge is 0.364 e. The number of fused-ring (bicyclic) bond motifs is 1. The zero-order chi connectivity index (χ0) is 26.6. The standard InChI is InChI=1S/C35H45FN2/c1-25(2)37(26(3)4)21-6-5-7-27-8-10-28(11-9-27)23-35-34-19-14-30(29-12-13-29)24-31(34)20-22-38(35)33-17-15-32(36)16-18-33/h8-11,14-19,24-26,29,35H,5-7,12-13,20-23H2,1-4H3. The summed E-state index contributed by atoms with van der Waals surface area (Å²) in [6.45, 7) is 11.3. The molecule has 3 heteroatoms. The van der Waals surface area contributed by atoms with Gasteiger partial charge in [0.2, 0.25) is 0 Å². The summed E-state index contributed by atoms with van der Waals surface area (Å²) >= 11 is 0. The molecule has 0 spiro atoms. The number of unbranched alkanes of at least 4 members (excludes halogenated alkanes) is 1. The van der Waals surface area contributed by atoms with Crippen molar-refractivity contribution in [1.82, 2.24) is 4.90 Å². The summed E-state index contributed by atoms with van der Waals surface area (Å²) < 4.78 is 13.7. The Hall–Kier alpha value is -2.65. The number of anilines is 1. The summed E-state index contributed by atoms with van der Waals surface area (Å²) in [5.74, 6) is 0.605. The van der Waals surface area contributed by atoms with Crippen LogP contribution in [0.3, 0.4) is 0 Å². The molecular formula is C35H45FN2. The Morgan fingerprint density at radius 3 is 2.18 bits per heavy atom.